The Hall–Kier alpha value is -1.05. The molecule has 0 fully saturated rings. The second-order valence-electron chi connectivity index (χ2n) is 7.36. The normalized spacial score (nSPS) is 13.2. The number of halogens is 1. The average molecular weight is 448 g/mol. The van der Waals surface area contributed by atoms with Crippen molar-refractivity contribution >= 4 is 29.9 Å². The van der Waals surface area contributed by atoms with Gasteiger partial charge in [0.05, 0.1) is 6.10 Å². The summed E-state index contributed by atoms with van der Waals surface area (Å²) in [5, 5.41) is 6.65. The van der Waals surface area contributed by atoms with Crippen LogP contribution in [0.5, 0.6) is 5.88 Å². The smallest absolute Gasteiger partial charge is 0.213 e. The number of nitrogens with one attached hydrogen (secondary N) is 2. The van der Waals surface area contributed by atoms with Gasteiger partial charge in [0.25, 0.3) is 0 Å². The van der Waals surface area contributed by atoms with Crippen LogP contribution in [0.3, 0.4) is 0 Å². The summed E-state index contributed by atoms with van der Waals surface area (Å²) in [6, 6.07) is 3.96. The molecule has 0 aliphatic heterocycles. The molecule has 0 radical (unpaired) electrons. The molecule has 0 amide bonds. The molecule has 0 aromatic carbocycles. The molecule has 0 saturated carbocycles. The minimum atomic E-state index is -0.0271. The standard InChI is InChI=1S/C18H32N4O.HI/c1-13(2)10-14(3)23-16-11-15(8-9-20-16)12-21-17(19-7)22-18(4,5)6;/h8-9,11,13-14H,10,12H2,1-7H3,(H2,19,21,22);1H. The Bertz CT molecular complexity index is 512. The molecular formula is C18H33IN4O. The number of hydrogen-bond acceptors (Lipinski definition) is 3. The van der Waals surface area contributed by atoms with Crippen LogP contribution in [0.25, 0.3) is 0 Å². The molecule has 1 atom stereocenters. The van der Waals surface area contributed by atoms with Gasteiger partial charge in [0.2, 0.25) is 5.88 Å². The van der Waals surface area contributed by atoms with Crippen LogP contribution in [0, 0.1) is 5.92 Å². The number of ether oxygens (including phenoxy) is 1. The fraction of sp³-hybridized carbons (Fsp3) is 0.667. The molecular weight excluding hydrogens is 415 g/mol. The van der Waals surface area contributed by atoms with Gasteiger partial charge in [-0.3, -0.25) is 4.99 Å². The topological polar surface area (TPSA) is 58.5 Å². The second-order valence-corrected chi connectivity index (χ2v) is 7.36. The Morgan fingerprint density at radius 1 is 1.29 bits per heavy atom. The maximum Gasteiger partial charge on any atom is 0.213 e. The van der Waals surface area contributed by atoms with Crippen molar-refractivity contribution in [1.82, 2.24) is 15.6 Å². The van der Waals surface area contributed by atoms with Gasteiger partial charge in [-0.2, -0.15) is 0 Å². The van der Waals surface area contributed by atoms with Crippen molar-refractivity contribution in [2.75, 3.05) is 7.05 Å². The van der Waals surface area contributed by atoms with Gasteiger partial charge in [0.15, 0.2) is 5.96 Å². The zero-order valence-corrected chi connectivity index (χ0v) is 18.3. The highest BCUT2D eigenvalue weighted by Crippen LogP contribution is 2.14. The van der Waals surface area contributed by atoms with Crippen LogP contribution >= 0.6 is 24.0 Å². The lowest BCUT2D eigenvalue weighted by Crippen LogP contribution is -2.47. The molecule has 1 heterocycles. The molecule has 0 saturated heterocycles. The second kappa shape index (κ2) is 10.7. The lowest BCUT2D eigenvalue weighted by atomic mass is 10.1. The molecule has 5 nitrogen and oxygen atoms in total. The highest BCUT2D eigenvalue weighted by Gasteiger charge is 2.12. The van der Waals surface area contributed by atoms with Crippen LogP contribution in [-0.2, 0) is 6.54 Å². The average Bonchev–Trinajstić information content (AvgIpc) is 2.41. The van der Waals surface area contributed by atoms with E-state index in [1.54, 1.807) is 13.2 Å². The van der Waals surface area contributed by atoms with Crippen LogP contribution < -0.4 is 15.4 Å². The van der Waals surface area contributed by atoms with Crippen molar-refractivity contribution in [3.8, 4) is 5.88 Å². The Kier molecular flexibility index (Phi) is 10.3. The van der Waals surface area contributed by atoms with Gasteiger partial charge in [0.1, 0.15) is 0 Å². The maximum atomic E-state index is 5.89. The number of aromatic nitrogens is 1. The lowest BCUT2D eigenvalue weighted by Gasteiger charge is -2.23. The van der Waals surface area contributed by atoms with Gasteiger partial charge in [-0.15, -0.1) is 24.0 Å². The van der Waals surface area contributed by atoms with Crippen molar-refractivity contribution in [1.29, 1.82) is 0 Å². The Balaban J connectivity index is 0.00000529. The highest BCUT2D eigenvalue weighted by atomic mass is 127. The first-order chi connectivity index (χ1) is 10.7. The summed E-state index contributed by atoms with van der Waals surface area (Å²) < 4.78 is 5.89. The molecule has 0 aliphatic rings. The van der Waals surface area contributed by atoms with E-state index in [9.17, 15) is 0 Å². The molecule has 1 aromatic rings. The minimum absolute atomic E-state index is 0. The minimum Gasteiger partial charge on any atom is -0.475 e. The van der Waals surface area contributed by atoms with E-state index >= 15 is 0 Å². The first-order valence-electron chi connectivity index (χ1n) is 8.30. The molecule has 138 valence electrons. The van der Waals surface area contributed by atoms with Crippen LogP contribution in [0.2, 0.25) is 0 Å². The van der Waals surface area contributed by atoms with Gasteiger partial charge < -0.3 is 15.4 Å². The number of hydrogen-bond donors (Lipinski definition) is 2. The predicted molar refractivity (Wildman–Crippen MR) is 112 cm³/mol. The Morgan fingerprint density at radius 3 is 2.50 bits per heavy atom. The summed E-state index contributed by atoms with van der Waals surface area (Å²) in [7, 11) is 1.77. The van der Waals surface area contributed by atoms with Gasteiger partial charge in [-0.25, -0.2) is 4.98 Å². The van der Waals surface area contributed by atoms with Crippen molar-refractivity contribution in [2.24, 2.45) is 10.9 Å². The molecule has 2 N–H and O–H groups in total. The van der Waals surface area contributed by atoms with Crippen molar-refractivity contribution in [3.05, 3.63) is 23.9 Å². The number of pyridine rings is 1. The van der Waals surface area contributed by atoms with Crippen molar-refractivity contribution < 1.29 is 4.74 Å². The Labute approximate surface area is 164 Å². The largest absolute Gasteiger partial charge is 0.475 e. The predicted octanol–water partition coefficient (Wildman–Crippen LogP) is 3.98. The summed E-state index contributed by atoms with van der Waals surface area (Å²) in [6.07, 6.45) is 2.97. The summed E-state index contributed by atoms with van der Waals surface area (Å²) in [5.41, 5.74) is 1.09. The molecule has 1 unspecified atom stereocenters. The molecule has 0 spiro atoms. The third kappa shape index (κ3) is 9.95. The number of nitrogens with zero attached hydrogens (tertiary/aromatic N) is 2. The van der Waals surface area contributed by atoms with Crippen molar-refractivity contribution in [3.63, 3.8) is 0 Å². The zero-order chi connectivity index (χ0) is 17.5. The third-order valence-electron chi connectivity index (χ3n) is 3.10. The van der Waals surface area contributed by atoms with E-state index in [4.69, 9.17) is 4.74 Å². The van der Waals surface area contributed by atoms with Crippen molar-refractivity contribution in [2.45, 2.75) is 66.2 Å². The van der Waals surface area contributed by atoms with Crippen LogP contribution in [-0.4, -0.2) is 29.6 Å². The van der Waals surface area contributed by atoms with E-state index in [1.807, 2.05) is 12.1 Å². The van der Waals surface area contributed by atoms with Crippen LogP contribution in [0.15, 0.2) is 23.3 Å². The highest BCUT2D eigenvalue weighted by molar-refractivity contribution is 14.0. The number of guanidine groups is 1. The zero-order valence-electron chi connectivity index (χ0n) is 16.0. The molecule has 6 heteroatoms. The van der Waals surface area contributed by atoms with E-state index in [1.165, 1.54) is 0 Å². The van der Waals surface area contributed by atoms with E-state index in [0.717, 1.165) is 17.9 Å². The molecule has 1 rings (SSSR count). The fourth-order valence-corrected chi connectivity index (χ4v) is 2.26. The summed E-state index contributed by atoms with van der Waals surface area (Å²) in [6.45, 7) is 13.5. The quantitative estimate of drug-likeness (QED) is 0.393. The van der Waals surface area contributed by atoms with E-state index < -0.39 is 0 Å². The number of rotatable bonds is 6. The van der Waals surface area contributed by atoms with E-state index in [0.29, 0.717) is 18.3 Å². The summed E-state index contributed by atoms with van der Waals surface area (Å²) in [4.78, 5) is 8.54. The van der Waals surface area contributed by atoms with E-state index in [2.05, 4.69) is 62.2 Å². The van der Waals surface area contributed by atoms with Crippen LogP contribution in [0.1, 0.15) is 53.5 Å². The summed E-state index contributed by atoms with van der Waals surface area (Å²) in [5.74, 6) is 2.07. The van der Waals surface area contributed by atoms with Gasteiger partial charge in [-0.05, 0) is 51.7 Å². The van der Waals surface area contributed by atoms with Gasteiger partial charge in [0, 0.05) is 31.4 Å². The third-order valence-corrected chi connectivity index (χ3v) is 3.10. The Morgan fingerprint density at radius 2 is 1.96 bits per heavy atom. The van der Waals surface area contributed by atoms with Gasteiger partial charge in [-0.1, -0.05) is 13.8 Å². The van der Waals surface area contributed by atoms with E-state index in [-0.39, 0.29) is 35.6 Å². The SMILES string of the molecule is CN=C(NCc1ccnc(OC(C)CC(C)C)c1)NC(C)(C)C.I. The monoisotopic (exact) mass is 448 g/mol. The summed E-state index contributed by atoms with van der Waals surface area (Å²) >= 11 is 0. The molecule has 24 heavy (non-hydrogen) atoms. The first-order valence-corrected chi connectivity index (χ1v) is 8.30. The molecule has 0 bridgehead atoms. The van der Waals surface area contributed by atoms with Crippen LogP contribution in [0.4, 0.5) is 0 Å². The maximum absolute atomic E-state index is 5.89. The number of aliphatic imine (C=N–C) groups is 1. The molecule has 1 aromatic heterocycles. The molecule has 0 aliphatic carbocycles. The first kappa shape index (κ1) is 22.9. The van der Waals surface area contributed by atoms with Gasteiger partial charge >= 0.3 is 0 Å². The lowest BCUT2D eigenvalue weighted by molar-refractivity contribution is 0.185. The fourth-order valence-electron chi connectivity index (χ4n) is 2.26.